The molecule has 1 heterocycles. The number of carbonyl (C=O) groups excluding carboxylic acids is 2. The molecule has 1 fully saturated rings. The number of amides is 1. The topological polar surface area (TPSA) is 84.0 Å². The Kier molecular flexibility index (Phi) is 5.18. The van der Waals surface area contributed by atoms with E-state index in [9.17, 15) is 9.59 Å². The molecular weight excluding hydrogens is 316 g/mol. The van der Waals surface area contributed by atoms with E-state index in [2.05, 4.69) is 27.2 Å². The van der Waals surface area contributed by atoms with Crippen LogP contribution in [0.4, 0.5) is 5.95 Å². The van der Waals surface area contributed by atoms with Crippen LogP contribution in [0.3, 0.4) is 0 Å². The SMILES string of the molecule is C=C1CCC(NC(=O)c2ccnc(NCc3ccccc3)n2)C(=O)C1. The molecule has 1 atom stereocenters. The second-order valence-electron chi connectivity index (χ2n) is 6.06. The summed E-state index contributed by atoms with van der Waals surface area (Å²) in [6, 6.07) is 10.9. The Bertz CT molecular complexity index is 789. The van der Waals surface area contributed by atoms with Gasteiger partial charge in [-0.15, -0.1) is 0 Å². The van der Waals surface area contributed by atoms with Crippen molar-refractivity contribution in [3.63, 3.8) is 0 Å². The molecule has 3 rings (SSSR count). The molecular formula is C19H20N4O2. The summed E-state index contributed by atoms with van der Waals surface area (Å²) in [6.07, 6.45) is 3.20. The molecule has 0 bridgehead atoms. The first-order valence-electron chi connectivity index (χ1n) is 8.23. The maximum absolute atomic E-state index is 12.4. The molecule has 0 spiro atoms. The molecule has 0 radical (unpaired) electrons. The Balaban J connectivity index is 1.61. The quantitative estimate of drug-likeness (QED) is 0.820. The normalized spacial score (nSPS) is 17.2. The lowest BCUT2D eigenvalue weighted by Gasteiger charge is -2.22. The fraction of sp³-hybridized carbons (Fsp3) is 0.263. The number of benzene rings is 1. The van der Waals surface area contributed by atoms with Gasteiger partial charge in [0.05, 0.1) is 6.04 Å². The molecule has 25 heavy (non-hydrogen) atoms. The van der Waals surface area contributed by atoms with Crippen LogP contribution < -0.4 is 10.6 Å². The first kappa shape index (κ1) is 16.8. The van der Waals surface area contributed by atoms with Crippen molar-refractivity contribution in [1.29, 1.82) is 0 Å². The highest BCUT2D eigenvalue weighted by molar-refractivity contribution is 5.97. The smallest absolute Gasteiger partial charge is 0.270 e. The zero-order chi connectivity index (χ0) is 17.6. The zero-order valence-electron chi connectivity index (χ0n) is 13.9. The van der Waals surface area contributed by atoms with Crippen molar-refractivity contribution in [3.05, 3.63) is 66.0 Å². The number of Topliss-reactive ketones (excluding diaryl/α,β-unsaturated/α-hetero) is 1. The molecule has 1 unspecified atom stereocenters. The van der Waals surface area contributed by atoms with Gasteiger partial charge < -0.3 is 10.6 Å². The van der Waals surface area contributed by atoms with E-state index in [-0.39, 0.29) is 17.4 Å². The van der Waals surface area contributed by atoms with Gasteiger partial charge in [0, 0.05) is 19.2 Å². The Morgan fingerprint density at radius 3 is 2.80 bits per heavy atom. The fourth-order valence-corrected chi connectivity index (χ4v) is 2.70. The van der Waals surface area contributed by atoms with Crippen LogP contribution in [-0.4, -0.2) is 27.7 Å². The molecule has 2 aromatic rings. The van der Waals surface area contributed by atoms with Crippen LogP contribution in [0, 0.1) is 0 Å². The lowest BCUT2D eigenvalue weighted by atomic mass is 9.90. The first-order chi connectivity index (χ1) is 12.1. The Morgan fingerprint density at radius 1 is 1.24 bits per heavy atom. The van der Waals surface area contributed by atoms with Crippen LogP contribution in [0.25, 0.3) is 0 Å². The van der Waals surface area contributed by atoms with E-state index in [1.54, 1.807) is 0 Å². The zero-order valence-corrected chi connectivity index (χ0v) is 13.9. The Labute approximate surface area is 146 Å². The van der Waals surface area contributed by atoms with Crippen molar-refractivity contribution in [3.8, 4) is 0 Å². The van der Waals surface area contributed by atoms with Crippen molar-refractivity contribution in [1.82, 2.24) is 15.3 Å². The van der Waals surface area contributed by atoms with E-state index in [4.69, 9.17) is 0 Å². The fourth-order valence-electron chi connectivity index (χ4n) is 2.70. The number of anilines is 1. The van der Waals surface area contributed by atoms with E-state index < -0.39 is 6.04 Å². The van der Waals surface area contributed by atoms with E-state index in [0.717, 1.165) is 17.6 Å². The highest BCUT2D eigenvalue weighted by Gasteiger charge is 2.26. The number of nitrogens with zero attached hydrogens (tertiary/aromatic N) is 2. The van der Waals surface area contributed by atoms with Crippen molar-refractivity contribution >= 4 is 17.6 Å². The minimum absolute atomic E-state index is 0.00100. The number of rotatable bonds is 5. The third-order valence-corrected chi connectivity index (χ3v) is 4.09. The summed E-state index contributed by atoms with van der Waals surface area (Å²) < 4.78 is 0. The molecule has 1 aromatic carbocycles. The van der Waals surface area contributed by atoms with Gasteiger partial charge in [-0.05, 0) is 24.5 Å². The van der Waals surface area contributed by atoms with E-state index in [1.807, 2.05) is 30.3 Å². The van der Waals surface area contributed by atoms with Crippen LogP contribution >= 0.6 is 0 Å². The van der Waals surface area contributed by atoms with Gasteiger partial charge in [-0.2, -0.15) is 0 Å². The molecule has 1 aliphatic rings. The second kappa shape index (κ2) is 7.70. The molecule has 0 saturated heterocycles. The van der Waals surface area contributed by atoms with E-state index >= 15 is 0 Å². The molecule has 1 aliphatic carbocycles. The standard InChI is InChI=1S/C19H20N4O2/c1-13-7-8-15(17(24)11-13)22-18(25)16-9-10-20-19(23-16)21-12-14-5-3-2-4-6-14/h2-6,9-10,15H,1,7-8,11-12H2,(H,22,25)(H,20,21,23). The summed E-state index contributed by atoms with van der Waals surface area (Å²) in [7, 11) is 0. The van der Waals surface area contributed by atoms with Crippen molar-refractivity contribution in [2.24, 2.45) is 0 Å². The third kappa shape index (κ3) is 4.50. The van der Waals surface area contributed by atoms with Crippen LogP contribution in [-0.2, 0) is 11.3 Å². The van der Waals surface area contributed by atoms with Crippen LogP contribution in [0.1, 0.15) is 35.3 Å². The average molecular weight is 336 g/mol. The van der Waals surface area contributed by atoms with Gasteiger partial charge in [0.15, 0.2) is 5.78 Å². The van der Waals surface area contributed by atoms with Gasteiger partial charge in [0.2, 0.25) is 5.95 Å². The molecule has 1 aromatic heterocycles. The predicted molar refractivity (Wildman–Crippen MR) is 95.1 cm³/mol. The van der Waals surface area contributed by atoms with Crippen LogP contribution in [0.15, 0.2) is 54.7 Å². The van der Waals surface area contributed by atoms with Crippen molar-refractivity contribution in [2.75, 3.05) is 5.32 Å². The molecule has 128 valence electrons. The highest BCUT2D eigenvalue weighted by atomic mass is 16.2. The highest BCUT2D eigenvalue weighted by Crippen LogP contribution is 2.19. The summed E-state index contributed by atoms with van der Waals surface area (Å²) in [4.78, 5) is 32.7. The molecule has 0 aliphatic heterocycles. The predicted octanol–water partition coefficient (Wildman–Crippen LogP) is 2.50. The molecule has 6 nitrogen and oxygen atoms in total. The summed E-state index contributed by atoms with van der Waals surface area (Å²) in [5.41, 5.74) is 2.25. The first-order valence-corrected chi connectivity index (χ1v) is 8.23. The minimum Gasteiger partial charge on any atom is -0.350 e. The number of allylic oxidation sites excluding steroid dienone is 1. The van der Waals surface area contributed by atoms with Gasteiger partial charge in [0.1, 0.15) is 5.69 Å². The largest absolute Gasteiger partial charge is 0.350 e. The summed E-state index contributed by atoms with van der Waals surface area (Å²) in [5.74, 6) is 0.0111. The van der Waals surface area contributed by atoms with Gasteiger partial charge in [0.25, 0.3) is 5.91 Å². The van der Waals surface area contributed by atoms with Crippen LogP contribution in [0.2, 0.25) is 0 Å². The molecule has 2 N–H and O–H groups in total. The Morgan fingerprint density at radius 2 is 2.04 bits per heavy atom. The number of hydrogen-bond acceptors (Lipinski definition) is 5. The lowest BCUT2D eigenvalue weighted by molar-refractivity contribution is -0.121. The van der Waals surface area contributed by atoms with Gasteiger partial charge >= 0.3 is 0 Å². The minimum atomic E-state index is -0.464. The number of aromatic nitrogens is 2. The second-order valence-corrected chi connectivity index (χ2v) is 6.06. The van der Waals surface area contributed by atoms with Gasteiger partial charge in [-0.3, -0.25) is 9.59 Å². The molecule has 1 saturated carbocycles. The number of hydrogen-bond donors (Lipinski definition) is 2. The van der Waals surface area contributed by atoms with Gasteiger partial charge in [-0.1, -0.05) is 42.5 Å². The van der Waals surface area contributed by atoms with E-state index in [0.29, 0.717) is 25.3 Å². The summed E-state index contributed by atoms with van der Waals surface area (Å²) in [6.45, 7) is 4.40. The third-order valence-electron chi connectivity index (χ3n) is 4.09. The number of carbonyl (C=O) groups is 2. The van der Waals surface area contributed by atoms with Gasteiger partial charge in [-0.25, -0.2) is 9.97 Å². The maximum atomic E-state index is 12.4. The number of nitrogens with one attached hydrogen (secondary N) is 2. The molecule has 1 amide bonds. The summed E-state index contributed by atoms with van der Waals surface area (Å²) in [5, 5.41) is 5.85. The monoisotopic (exact) mass is 336 g/mol. The van der Waals surface area contributed by atoms with E-state index in [1.165, 1.54) is 12.3 Å². The molecule has 6 heteroatoms. The average Bonchev–Trinajstić information content (AvgIpc) is 2.63. The lowest BCUT2D eigenvalue weighted by Crippen LogP contribution is -2.43. The van der Waals surface area contributed by atoms with Crippen LogP contribution in [0.5, 0.6) is 0 Å². The number of ketones is 1. The van der Waals surface area contributed by atoms with Crippen molar-refractivity contribution < 1.29 is 9.59 Å². The maximum Gasteiger partial charge on any atom is 0.270 e. The Hall–Kier alpha value is -3.02. The summed E-state index contributed by atoms with van der Waals surface area (Å²) >= 11 is 0. The van der Waals surface area contributed by atoms with Crippen molar-refractivity contribution in [2.45, 2.75) is 31.8 Å².